The van der Waals surface area contributed by atoms with Gasteiger partial charge in [-0.05, 0) is 40.5 Å². The summed E-state index contributed by atoms with van der Waals surface area (Å²) in [7, 11) is 0. The summed E-state index contributed by atoms with van der Waals surface area (Å²) in [4.78, 5) is 11.6. The third-order valence-corrected chi connectivity index (χ3v) is 3.59. The van der Waals surface area contributed by atoms with Crippen LogP contribution in [0.3, 0.4) is 0 Å². The monoisotopic (exact) mass is 259 g/mol. The number of hydroxylamine groups is 2. The van der Waals surface area contributed by atoms with Crippen LogP contribution in [0, 0.1) is 0 Å². The van der Waals surface area contributed by atoms with Gasteiger partial charge in [-0.25, -0.2) is 0 Å². The molecule has 1 aliphatic rings. The van der Waals surface area contributed by atoms with Crippen molar-refractivity contribution in [3.05, 3.63) is 0 Å². The van der Waals surface area contributed by atoms with Gasteiger partial charge in [0.05, 0.1) is 11.6 Å². The molecular weight excluding hydrogens is 234 g/mol. The number of nitrogens with zero attached hydrogens (tertiary/aromatic N) is 1. The van der Waals surface area contributed by atoms with Gasteiger partial charge in [0, 0.05) is 12.0 Å². The van der Waals surface area contributed by atoms with Crippen molar-refractivity contribution in [2.75, 3.05) is 0 Å². The number of piperidine rings is 1. The lowest BCUT2D eigenvalue weighted by atomic mass is 9.78. The molecule has 0 aliphatic carbocycles. The van der Waals surface area contributed by atoms with Crippen LogP contribution in [-0.2, 0) is 9.53 Å². The van der Waals surface area contributed by atoms with Gasteiger partial charge >= 0.3 is 5.97 Å². The number of hydrogen-bond donors (Lipinski definition) is 2. The molecule has 1 aliphatic heterocycles. The van der Waals surface area contributed by atoms with E-state index in [0.717, 1.165) is 0 Å². The normalized spacial score (nSPS) is 31.1. The summed E-state index contributed by atoms with van der Waals surface area (Å²) in [6, 6.07) is 0. The second-order valence-electron chi connectivity index (χ2n) is 6.21. The molecule has 1 saturated heterocycles. The van der Waals surface area contributed by atoms with Gasteiger partial charge in [-0.1, -0.05) is 6.92 Å². The van der Waals surface area contributed by atoms with Crippen LogP contribution < -0.4 is 0 Å². The first-order chi connectivity index (χ1) is 8.13. The lowest BCUT2D eigenvalue weighted by molar-refractivity contribution is -0.293. The van der Waals surface area contributed by atoms with Crippen LogP contribution in [0.15, 0.2) is 0 Å². The third kappa shape index (κ3) is 2.84. The molecule has 0 bridgehead atoms. The Balaban J connectivity index is 2.88. The predicted molar refractivity (Wildman–Crippen MR) is 67.2 cm³/mol. The van der Waals surface area contributed by atoms with Crippen LogP contribution in [0.5, 0.6) is 0 Å². The number of aliphatic hydroxyl groups is 1. The maximum atomic E-state index is 11.6. The van der Waals surface area contributed by atoms with Gasteiger partial charge < -0.3 is 15.1 Å². The van der Waals surface area contributed by atoms with Gasteiger partial charge in [0.2, 0.25) is 0 Å². The Morgan fingerprint density at radius 1 is 1.39 bits per heavy atom. The molecule has 5 heteroatoms. The molecule has 0 aromatic rings. The highest BCUT2D eigenvalue weighted by molar-refractivity contribution is 5.69. The second kappa shape index (κ2) is 5.15. The lowest BCUT2D eigenvalue weighted by Crippen LogP contribution is -2.68. The van der Waals surface area contributed by atoms with E-state index in [9.17, 15) is 15.1 Å². The number of esters is 1. The molecule has 2 unspecified atom stereocenters. The zero-order chi connectivity index (χ0) is 14.1. The molecule has 0 radical (unpaired) electrons. The third-order valence-electron chi connectivity index (χ3n) is 3.59. The minimum Gasteiger partial charge on any atom is -0.458 e. The minimum absolute atomic E-state index is 0.328. The zero-order valence-electron chi connectivity index (χ0n) is 11.9. The van der Waals surface area contributed by atoms with E-state index in [1.54, 1.807) is 13.8 Å². The molecular formula is C13H25NO4. The van der Waals surface area contributed by atoms with E-state index < -0.39 is 23.3 Å². The van der Waals surface area contributed by atoms with Crippen LogP contribution in [0.4, 0.5) is 0 Å². The number of ether oxygens (including phenoxy) is 1. The highest BCUT2D eigenvalue weighted by atomic mass is 16.6. The average Bonchev–Trinajstić information content (AvgIpc) is 2.22. The summed E-state index contributed by atoms with van der Waals surface area (Å²) in [5, 5.41) is 21.6. The Bertz CT molecular complexity index is 314. The second-order valence-corrected chi connectivity index (χ2v) is 6.21. The van der Waals surface area contributed by atoms with Gasteiger partial charge in [0.1, 0.15) is 6.10 Å². The van der Waals surface area contributed by atoms with Crippen molar-refractivity contribution in [3.8, 4) is 0 Å². The highest BCUT2D eigenvalue weighted by Crippen LogP contribution is 2.38. The fourth-order valence-corrected chi connectivity index (χ4v) is 2.70. The molecule has 1 fully saturated rings. The summed E-state index contributed by atoms with van der Waals surface area (Å²) in [6.45, 7) is 9.12. The fraction of sp³-hybridized carbons (Fsp3) is 0.923. The van der Waals surface area contributed by atoms with Crippen LogP contribution in [0.2, 0.25) is 0 Å². The van der Waals surface area contributed by atoms with Crippen molar-refractivity contribution >= 4 is 5.97 Å². The number of carbonyl (C=O) groups is 1. The number of aliphatic hydroxyl groups excluding tert-OH is 1. The van der Waals surface area contributed by atoms with E-state index in [1.165, 1.54) is 5.06 Å². The maximum absolute atomic E-state index is 11.6. The Morgan fingerprint density at radius 3 is 2.44 bits per heavy atom. The molecule has 18 heavy (non-hydrogen) atoms. The lowest BCUT2D eigenvalue weighted by Gasteiger charge is -2.53. The molecule has 1 heterocycles. The van der Waals surface area contributed by atoms with Gasteiger partial charge in [0.15, 0.2) is 0 Å². The molecule has 0 spiro atoms. The summed E-state index contributed by atoms with van der Waals surface area (Å²) in [6.07, 6.45) is -0.0876. The average molecular weight is 259 g/mol. The molecule has 0 amide bonds. The van der Waals surface area contributed by atoms with Crippen LogP contribution in [0.1, 0.15) is 53.9 Å². The Labute approximate surface area is 109 Å². The summed E-state index contributed by atoms with van der Waals surface area (Å²) in [5.74, 6) is -0.331. The van der Waals surface area contributed by atoms with Gasteiger partial charge in [-0.15, -0.1) is 0 Å². The number of carbonyl (C=O) groups excluding carboxylic acids is 1. The van der Waals surface area contributed by atoms with E-state index in [-0.39, 0.29) is 5.97 Å². The molecule has 2 N–H and O–H groups in total. The predicted octanol–water partition coefficient (Wildman–Crippen LogP) is 1.71. The summed E-state index contributed by atoms with van der Waals surface area (Å²) >= 11 is 0. The van der Waals surface area contributed by atoms with Gasteiger partial charge in [0.25, 0.3) is 0 Å². The molecule has 106 valence electrons. The van der Waals surface area contributed by atoms with Crippen molar-refractivity contribution in [1.29, 1.82) is 0 Å². The van der Waals surface area contributed by atoms with E-state index >= 15 is 0 Å². The van der Waals surface area contributed by atoms with Crippen molar-refractivity contribution in [2.45, 2.75) is 77.2 Å². The zero-order valence-corrected chi connectivity index (χ0v) is 11.9. The maximum Gasteiger partial charge on any atom is 0.306 e. The standard InChI is InChI=1S/C13H25NO4/c1-6-7-10(16)18-11-9(15)8-12(2,3)14(17)13(11,4)5/h9,11,15,17H,6-8H2,1-5H3. The van der Waals surface area contributed by atoms with E-state index in [0.29, 0.717) is 19.3 Å². The Kier molecular flexibility index (Phi) is 4.41. The van der Waals surface area contributed by atoms with Gasteiger partial charge in [-0.3, -0.25) is 4.79 Å². The fourth-order valence-electron chi connectivity index (χ4n) is 2.70. The first kappa shape index (κ1) is 15.4. The van der Waals surface area contributed by atoms with Crippen molar-refractivity contribution in [1.82, 2.24) is 5.06 Å². The van der Waals surface area contributed by atoms with Crippen molar-refractivity contribution < 1.29 is 19.8 Å². The van der Waals surface area contributed by atoms with Crippen LogP contribution in [-0.4, -0.2) is 44.6 Å². The first-order valence-electron chi connectivity index (χ1n) is 6.49. The van der Waals surface area contributed by atoms with E-state index in [4.69, 9.17) is 4.74 Å². The molecule has 5 nitrogen and oxygen atoms in total. The first-order valence-corrected chi connectivity index (χ1v) is 6.49. The molecule has 0 saturated carbocycles. The van der Waals surface area contributed by atoms with Gasteiger partial charge in [-0.2, -0.15) is 5.06 Å². The Morgan fingerprint density at radius 2 is 1.94 bits per heavy atom. The van der Waals surface area contributed by atoms with Crippen LogP contribution >= 0.6 is 0 Å². The van der Waals surface area contributed by atoms with Crippen molar-refractivity contribution in [2.24, 2.45) is 0 Å². The van der Waals surface area contributed by atoms with Crippen LogP contribution in [0.25, 0.3) is 0 Å². The minimum atomic E-state index is -0.815. The Hall–Kier alpha value is -0.650. The molecule has 0 aromatic carbocycles. The number of hydrogen-bond acceptors (Lipinski definition) is 5. The largest absolute Gasteiger partial charge is 0.458 e. The van der Waals surface area contributed by atoms with Crippen molar-refractivity contribution in [3.63, 3.8) is 0 Å². The van der Waals surface area contributed by atoms with E-state index in [1.807, 2.05) is 20.8 Å². The summed E-state index contributed by atoms with van der Waals surface area (Å²) < 4.78 is 5.33. The molecule has 0 aromatic heterocycles. The quantitative estimate of drug-likeness (QED) is 0.755. The topological polar surface area (TPSA) is 70.0 Å². The summed E-state index contributed by atoms with van der Waals surface area (Å²) in [5.41, 5.74) is -1.36. The molecule has 2 atom stereocenters. The SMILES string of the molecule is CCCC(=O)OC1C(O)CC(C)(C)N(O)C1(C)C. The number of rotatable bonds is 3. The van der Waals surface area contributed by atoms with E-state index in [2.05, 4.69) is 0 Å². The smallest absolute Gasteiger partial charge is 0.306 e. The molecule has 1 rings (SSSR count). The highest BCUT2D eigenvalue weighted by Gasteiger charge is 2.53.